The zero-order valence-corrected chi connectivity index (χ0v) is 15.2. The summed E-state index contributed by atoms with van der Waals surface area (Å²) in [6.45, 7) is 7.65. The Morgan fingerprint density at radius 3 is 2.84 bits per heavy atom. The number of anilines is 1. The van der Waals surface area contributed by atoms with E-state index in [2.05, 4.69) is 27.1 Å². The summed E-state index contributed by atoms with van der Waals surface area (Å²) >= 11 is 0. The first-order chi connectivity index (χ1) is 12.1. The molecule has 0 bridgehead atoms. The minimum Gasteiger partial charge on any atom is -0.381 e. The van der Waals surface area contributed by atoms with Gasteiger partial charge in [0, 0.05) is 44.6 Å². The largest absolute Gasteiger partial charge is 0.381 e. The average molecular weight is 347 g/mol. The topological polar surface area (TPSA) is 93.4 Å². The van der Waals surface area contributed by atoms with Gasteiger partial charge in [-0.3, -0.25) is 9.69 Å². The molecule has 0 spiro atoms. The predicted octanol–water partition coefficient (Wildman–Crippen LogP) is 1.38. The Morgan fingerprint density at radius 2 is 2.16 bits per heavy atom. The van der Waals surface area contributed by atoms with Gasteiger partial charge in [0.25, 0.3) is 5.91 Å². The molecule has 138 valence electrons. The molecule has 7 nitrogen and oxygen atoms in total. The lowest BCUT2D eigenvalue weighted by Crippen LogP contribution is -2.43. The van der Waals surface area contributed by atoms with Crippen LogP contribution in [0.1, 0.15) is 48.7 Å². The molecule has 2 atom stereocenters. The molecule has 0 aliphatic carbocycles. The van der Waals surface area contributed by atoms with E-state index >= 15 is 0 Å². The van der Waals surface area contributed by atoms with Crippen molar-refractivity contribution in [2.45, 2.75) is 51.6 Å². The number of aromatic nitrogens is 2. The second-order valence-electron chi connectivity index (χ2n) is 7.15. The molecule has 2 aliphatic rings. The number of carbonyl (C=O) groups excluding carboxylic acids is 1. The number of aryl methyl sites for hydroxylation is 1. The van der Waals surface area contributed by atoms with Crippen LogP contribution in [-0.2, 0) is 4.74 Å². The second kappa shape index (κ2) is 8.10. The van der Waals surface area contributed by atoms with Gasteiger partial charge in [-0.15, -0.1) is 0 Å². The van der Waals surface area contributed by atoms with Crippen LogP contribution in [0.15, 0.2) is 6.20 Å². The number of carbonyl (C=O) groups is 1. The molecule has 0 unspecified atom stereocenters. The Hall–Kier alpha value is -1.73. The Morgan fingerprint density at radius 1 is 1.40 bits per heavy atom. The van der Waals surface area contributed by atoms with E-state index in [4.69, 9.17) is 10.5 Å². The molecule has 0 aromatic carbocycles. The Labute approximate surface area is 149 Å². The lowest BCUT2D eigenvalue weighted by Gasteiger charge is -2.31. The van der Waals surface area contributed by atoms with Crippen molar-refractivity contribution < 1.29 is 9.53 Å². The molecule has 2 saturated heterocycles. The monoisotopic (exact) mass is 347 g/mol. The molecule has 0 saturated carbocycles. The quantitative estimate of drug-likeness (QED) is 0.836. The first-order valence-electron chi connectivity index (χ1n) is 9.30. The number of nitrogens with two attached hydrogens (primary N) is 1. The fourth-order valence-electron chi connectivity index (χ4n) is 4.03. The van der Waals surface area contributed by atoms with Gasteiger partial charge in [-0.05, 0) is 32.1 Å². The van der Waals surface area contributed by atoms with Crippen LogP contribution >= 0.6 is 0 Å². The van der Waals surface area contributed by atoms with Crippen LogP contribution in [0.3, 0.4) is 0 Å². The fraction of sp³-hybridized carbons (Fsp3) is 0.722. The summed E-state index contributed by atoms with van der Waals surface area (Å²) in [6.07, 6.45) is 5.95. The van der Waals surface area contributed by atoms with Crippen molar-refractivity contribution in [3.8, 4) is 0 Å². The Bertz CT molecular complexity index is 603. The van der Waals surface area contributed by atoms with E-state index in [1.807, 2.05) is 0 Å². The Balaban J connectivity index is 1.67. The van der Waals surface area contributed by atoms with E-state index in [9.17, 15) is 4.79 Å². The molecule has 25 heavy (non-hydrogen) atoms. The summed E-state index contributed by atoms with van der Waals surface area (Å²) in [5.74, 6) is 0.591. The first kappa shape index (κ1) is 18.1. The van der Waals surface area contributed by atoms with Gasteiger partial charge < -0.3 is 15.8 Å². The molecule has 3 rings (SSSR count). The maximum Gasteiger partial charge on any atom is 0.254 e. The van der Waals surface area contributed by atoms with Gasteiger partial charge in [0.1, 0.15) is 0 Å². The van der Waals surface area contributed by atoms with Crippen molar-refractivity contribution in [2.75, 3.05) is 32.0 Å². The van der Waals surface area contributed by atoms with E-state index in [1.54, 1.807) is 6.92 Å². The minimum atomic E-state index is -0.0996. The van der Waals surface area contributed by atoms with Crippen LogP contribution in [0.25, 0.3) is 0 Å². The molecule has 3 heterocycles. The van der Waals surface area contributed by atoms with Gasteiger partial charge in [-0.2, -0.15) is 0 Å². The number of nitrogen functional groups attached to an aromatic ring is 1. The van der Waals surface area contributed by atoms with Crippen LogP contribution in [-0.4, -0.2) is 59.2 Å². The van der Waals surface area contributed by atoms with Crippen LogP contribution in [0, 0.1) is 12.8 Å². The highest BCUT2D eigenvalue weighted by molar-refractivity contribution is 5.95. The number of likely N-dealkylation sites (tertiary alicyclic amines) is 1. The number of hydrogen-bond acceptors (Lipinski definition) is 6. The fourth-order valence-corrected chi connectivity index (χ4v) is 4.03. The Kier molecular flexibility index (Phi) is 5.86. The van der Waals surface area contributed by atoms with Gasteiger partial charge in [-0.1, -0.05) is 13.3 Å². The minimum absolute atomic E-state index is 0.0996. The average Bonchev–Trinajstić information content (AvgIpc) is 2.98. The summed E-state index contributed by atoms with van der Waals surface area (Å²) < 4.78 is 5.49. The molecule has 2 aliphatic heterocycles. The van der Waals surface area contributed by atoms with Crippen LogP contribution < -0.4 is 11.1 Å². The first-order valence-corrected chi connectivity index (χ1v) is 9.30. The number of hydrogen-bond donors (Lipinski definition) is 2. The zero-order chi connectivity index (χ0) is 17.8. The van der Waals surface area contributed by atoms with Gasteiger partial charge in [0.15, 0.2) is 0 Å². The predicted molar refractivity (Wildman–Crippen MR) is 96.2 cm³/mol. The summed E-state index contributed by atoms with van der Waals surface area (Å²) in [4.78, 5) is 23.3. The van der Waals surface area contributed by atoms with Gasteiger partial charge in [0.05, 0.1) is 11.3 Å². The summed E-state index contributed by atoms with van der Waals surface area (Å²) in [7, 11) is 0. The smallest absolute Gasteiger partial charge is 0.254 e. The lowest BCUT2D eigenvalue weighted by molar-refractivity contribution is 0.0405. The lowest BCUT2D eigenvalue weighted by atomic mass is 9.98. The van der Waals surface area contributed by atoms with Crippen molar-refractivity contribution in [2.24, 2.45) is 5.92 Å². The maximum absolute atomic E-state index is 12.7. The SMILES string of the molecule is CCC[C@H]1CN(C2CCOCC2)C[C@@H]1NC(=O)c1cnc(N)nc1C. The van der Waals surface area contributed by atoms with Crippen molar-refractivity contribution >= 4 is 11.9 Å². The van der Waals surface area contributed by atoms with Crippen molar-refractivity contribution in [3.63, 3.8) is 0 Å². The van der Waals surface area contributed by atoms with Gasteiger partial charge >= 0.3 is 0 Å². The number of rotatable bonds is 5. The second-order valence-corrected chi connectivity index (χ2v) is 7.15. The van der Waals surface area contributed by atoms with E-state index in [1.165, 1.54) is 6.20 Å². The van der Waals surface area contributed by atoms with Gasteiger partial charge in [-0.25, -0.2) is 9.97 Å². The molecular formula is C18H29N5O2. The third kappa shape index (κ3) is 4.27. The third-order valence-corrected chi connectivity index (χ3v) is 5.40. The normalized spacial score (nSPS) is 25.2. The molecular weight excluding hydrogens is 318 g/mol. The molecule has 1 amide bonds. The van der Waals surface area contributed by atoms with Crippen molar-refractivity contribution in [1.29, 1.82) is 0 Å². The van der Waals surface area contributed by atoms with Crippen LogP contribution in [0.2, 0.25) is 0 Å². The summed E-state index contributed by atoms with van der Waals surface area (Å²) in [6, 6.07) is 0.754. The summed E-state index contributed by atoms with van der Waals surface area (Å²) in [5.41, 5.74) is 6.71. The van der Waals surface area contributed by atoms with Crippen LogP contribution in [0.4, 0.5) is 5.95 Å². The molecule has 0 radical (unpaired) electrons. The van der Waals surface area contributed by atoms with Gasteiger partial charge in [0.2, 0.25) is 5.95 Å². The molecule has 2 fully saturated rings. The molecule has 1 aromatic heterocycles. The standard InChI is InChI=1S/C18H29N5O2/c1-3-4-13-10-23(14-5-7-25-8-6-14)11-16(13)22-17(24)15-9-20-18(19)21-12(15)2/h9,13-14,16H,3-8,10-11H2,1-2H3,(H,22,24)(H2,19,20,21)/t13-,16-/m0/s1. The van der Waals surface area contributed by atoms with E-state index in [0.29, 0.717) is 23.2 Å². The zero-order valence-electron chi connectivity index (χ0n) is 15.2. The maximum atomic E-state index is 12.7. The summed E-state index contributed by atoms with van der Waals surface area (Å²) in [5, 5.41) is 3.23. The van der Waals surface area contributed by atoms with E-state index < -0.39 is 0 Å². The number of nitrogens with one attached hydrogen (secondary N) is 1. The number of ether oxygens (including phenoxy) is 1. The highest BCUT2D eigenvalue weighted by Crippen LogP contribution is 2.27. The van der Waals surface area contributed by atoms with E-state index in [-0.39, 0.29) is 17.9 Å². The van der Waals surface area contributed by atoms with Crippen molar-refractivity contribution in [1.82, 2.24) is 20.2 Å². The van der Waals surface area contributed by atoms with Crippen molar-refractivity contribution in [3.05, 3.63) is 17.5 Å². The highest BCUT2D eigenvalue weighted by Gasteiger charge is 2.37. The molecule has 7 heteroatoms. The molecule has 1 aromatic rings. The highest BCUT2D eigenvalue weighted by atomic mass is 16.5. The van der Waals surface area contributed by atoms with E-state index in [0.717, 1.165) is 52.0 Å². The third-order valence-electron chi connectivity index (χ3n) is 5.40. The molecule has 3 N–H and O–H groups in total. The van der Waals surface area contributed by atoms with Crippen LogP contribution in [0.5, 0.6) is 0 Å². The number of amides is 1. The number of nitrogens with zero attached hydrogens (tertiary/aromatic N) is 3.